The average Bonchev–Trinajstić information content (AvgIpc) is 2.49. The number of hydrogen-bond acceptors (Lipinski definition) is 4. The van der Waals surface area contributed by atoms with E-state index in [-0.39, 0.29) is 11.9 Å². The number of hydrogen-bond donors (Lipinski definition) is 4. The summed E-state index contributed by atoms with van der Waals surface area (Å²) in [6.45, 7) is 1.74. The highest BCUT2D eigenvalue weighted by Gasteiger charge is 2.18. The SMILES string of the molecule is N/C(=N/O)c1cccc(CNCC2CCC(O)CC2)c1. The minimum absolute atomic E-state index is 0.0938. The molecule has 110 valence electrons. The summed E-state index contributed by atoms with van der Waals surface area (Å²) < 4.78 is 0. The lowest BCUT2D eigenvalue weighted by molar-refractivity contribution is 0.108. The van der Waals surface area contributed by atoms with Crippen LogP contribution in [-0.4, -0.2) is 28.8 Å². The molecule has 0 bridgehead atoms. The van der Waals surface area contributed by atoms with Gasteiger partial charge in [0, 0.05) is 12.1 Å². The van der Waals surface area contributed by atoms with E-state index in [1.807, 2.05) is 24.3 Å². The monoisotopic (exact) mass is 277 g/mol. The molecule has 1 aromatic carbocycles. The van der Waals surface area contributed by atoms with Gasteiger partial charge in [-0.15, -0.1) is 0 Å². The Bertz CT molecular complexity index is 454. The molecular formula is C15H23N3O2. The Morgan fingerprint density at radius 1 is 1.30 bits per heavy atom. The van der Waals surface area contributed by atoms with Gasteiger partial charge in [-0.05, 0) is 49.8 Å². The van der Waals surface area contributed by atoms with Crippen LogP contribution in [0, 0.1) is 5.92 Å². The van der Waals surface area contributed by atoms with Crippen LogP contribution < -0.4 is 11.1 Å². The Morgan fingerprint density at radius 2 is 2.05 bits per heavy atom. The van der Waals surface area contributed by atoms with Crippen molar-refractivity contribution in [2.24, 2.45) is 16.8 Å². The largest absolute Gasteiger partial charge is 0.409 e. The molecule has 0 radical (unpaired) electrons. The van der Waals surface area contributed by atoms with E-state index >= 15 is 0 Å². The third-order valence-corrected chi connectivity index (χ3v) is 3.91. The second-order valence-corrected chi connectivity index (χ2v) is 5.49. The lowest BCUT2D eigenvalue weighted by Crippen LogP contribution is -2.27. The van der Waals surface area contributed by atoms with E-state index in [0.717, 1.165) is 49.9 Å². The van der Waals surface area contributed by atoms with E-state index in [9.17, 15) is 5.11 Å². The van der Waals surface area contributed by atoms with Gasteiger partial charge in [0.25, 0.3) is 0 Å². The van der Waals surface area contributed by atoms with E-state index in [0.29, 0.717) is 5.92 Å². The van der Waals surface area contributed by atoms with E-state index < -0.39 is 0 Å². The molecule has 1 aliphatic carbocycles. The number of nitrogens with zero attached hydrogens (tertiary/aromatic N) is 1. The molecule has 0 aromatic heterocycles. The molecule has 0 atom stereocenters. The number of rotatable bonds is 5. The maximum absolute atomic E-state index is 9.47. The molecule has 1 aromatic rings. The first-order valence-corrected chi connectivity index (χ1v) is 7.14. The Kier molecular flexibility index (Phi) is 5.38. The Balaban J connectivity index is 1.79. The zero-order valence-corrected chi connectivity index (χ0v) is 11.6. The first-order chi connectivity index (χ1) is 9.69. The van der Waals surface area contributed by atoms with Gasteiger partial charge < -0.3 is 21.4 Å². The average molecular weight is 277 g/mol. The van der Waals surface area contributed by atoms with Crippen molar-refractivity contribution in [3.05, 3.63) is 35.4 Å². The van der Waals surface area contributed by atoms with Gasteiger partial charge in [-0.1, -0.05) is 23.4 Å². The van der Waals surface area contributed by atoms with Gasteiger partial charge in [0.05, 0.1) is 6.10 Å². The maximum atomic E-state index is 9.47. The van der Waals surface area contributed by atoms with Crippen molar-refractivity contribution in [2.75, 3.05) is 6.54 Å². The standard InChI is InChI=1S/C15H23N3O2/c16-15(18-20)13-3-1-2-12(8-13)10-17-9-11-4-6-14(19)7-5-11/h1-3,8,11,14,17,19-20H,4-7,9-10H2,(H2,16,18). The molecule has 1 fully saturated rings. The van der Waals surface area contributed by atoms with E-state index in [1.54, 1.807) is 0 Å². The van der Waals surface area contributed by atoms with Crippen LogP contribution in [-0.2, 0) is 6.54 Å². The molecular weight excluding hydrogens is 254 g/mol. The highest BCUT2D eigenvalue weighted by molar-refractivity contribution is 5.97. The van der Waals surface area contributed by atoms with Crippen molar-refractivity contribution in [1.82, 2.24) is 5.32 Å². The molecule has 0 unspecified atom stereocenters. The normalized spacial score (nSPS) is 23.8. The summed E-state index contributed by atoms with van der Waals surface area (Å²) >= 11 is 0. The lowest BCUT2D eigenvalue weighted by atomic mass is 9.87. The van der Waals surface area contributed by atoms with Crippen LogP contribution in [0.2, 0.25) is 0 Å². The second kappa shape index (κ2) is 7.26. The third kappa shape index (κ3) is 4.21. The summed E-state index contributed by atoms with van der Waals surface area (Å²) in [4.78, 5) is 0. The van der Waals surface area contributed by atoms with Crippen molar-refractivity contribution in [2.45, 2.75) is 38.3 Å². The van der Waals surface area contributed by atoms with Gasteiger partial charge in [-0.2, -0.15) is 0 Å². The first kappa shape index (κ1) is 14.8. The molecule has 1 saturated carbocycles. The second-order valence-electron chi connectivity index (χ2n) is 5.49. The molecule has 0 heterocycles. The molecule has 5 heteroatoms. The number of aliphatic hydroxyl groups excluding tert-OH is 1. The van der Waals surface area contributed by atoms with E-state index in [1.165, 1.54) is 0 Å². The Labute approximate surface area is 119 Å². The summed E-state index contributed by atoms with van der Waals surface area (Å²) in [5, 5.41) is 24.6. The topological polar surface area (TPSA) is 90.9 Å². The summed E-state index contributed by atoms with van der Waals surface area (Å²) in [5.74, 6) is 0.791. The van der Waals surface area contributed by atoms with Gasteiger partial charge in [0.1, 0.15) is 0 Å². The van der Waals surface area contributed by atoms with Gasteiger partial charge >= 0.3 is 0 Å². The number of nitrogens with one attached hydrogen (secondary N) is 1. The van der Waals surface area contributed by atoms with Crippen LogP contribution in [0.15, 0.2) is 29.4 Å². The number of aliphatic hydroxyl groups is 1. The number of amidine groups is 1. The molecule has 0 spiro atoms. The summed E-state index contributed by atoms with van der Waals surface area (Å²) in [6.07, 6.45) is 3.94. The highest BCUT2D eigenvalue weighted by atomic mass is 16.4. The fraction of sp³-hybridized carbons (Fsp3) is 0.533. The van der Waals surface area contributed by atoms with Crippen LogP contribution in [0.4, 0.5) is 0 Å². The van der Waals surface area contributed by atoms with Gasteiger partial charge in [0.15, 0.2) is 5.84 Å². The molecule has 0 aliphatic heterocycles. The molecule has 1 aliphatic rings. The van der Waals surface area contributed by atoms with Crippen LogP contribution in [0.3, 0.4) is 0 Å². The number of benzene rings is 1. The highest BCUT2D eigenvalue weighted by Crippen LogP contribution is 2.23. The molecule has 2 rings (SSSR count). The summed E-state index contributed by atoms with van der Waals surface area (Å²) in [5.41, 5.74) is 7.42. The molecule has 5 nitrogen and oxygen atoms in total. The van der Waals surface area contributed by atoms with Gasteiger partial charge in [0.2, 0.25) is 0 Å². The molecule has 0 saturated heterocycles. The van der Waals surface area contributed by atoms with Crippen molar-refractivity contribution in [3.63, 3.8) is 0 Å². The van der Waals surface area contributed by atoms with Crippen molar-refractivity contribution < 1.29 is 10.3 Å². The minimum atomic E-state index is -0.0938. The smallest absolute Gasteiger partial charge is 0.170 e. The van der Waals surface area contributed by atoms with Gasteiger partial charge in [-0.25, -0.2) is 0 Å². The lowest BCUT2D eigenvalue weighted by Gasteiger charge is -2.25. The predicted octanol–water partition coefficient (Wildman–Crippen LogP) is 1.42. The summed E-state index contributed by atoms with van der Waals surface area (Å²) in [7, 11) is 0. The van der Waals surface area contributed by atoms with Crippen LogP contribution in [0.25, 0.3) is 0 Å². The van der Waals surface area contributed by atoms with Crippen LogP contribution in [0.1, 0.15) is 36.8 Å². The minimum Gasteiger partial charge on any atom is -0.409 e. The van der Waals surface area contributed by atoms with Gasteiger partial charge in [-0.3, -0.25) is 0 Å². The molecule has 5 N–H and O–H groups in total. The summed E-state index contributed by atoms with van der Waals surface area (Å²) in [6, 6.07) is 7.67. The molecule has 20 heavy (non-hydrogen) atoms. The number of nitrogens with two attached hydrogens (primary N) is 1. The first-order valence-electron chi connectivity index (χ1n) is 7.14. The molecule has 0 amide bonds. The number of oxime groups is 1. The van der Waals surface area contributed by atoms with Crippen LogP contribution >= 0.6 is 0 Å². The van der Waals surface area contributed by atoms with E-state index in [2.05, 4.69) is 10.5 Å². The van der Waals surface area contributed by atoms with E-state index in [4.69, 9.17) is 10.9 Å². The maximum Gasteiger partial charge on any atom is 0.170 e. The fourth-order valence-corrected chi connectivity index (χ4v) is 2.67. The Morgan fingerprint density at radius 3 is 2.75 bits per heavy atom. The fourth-order valence-electron chi connectivity index (χ4n) is 2.67. The zero-order valence-electron chi connectivity index (χ0n) is 11.6. The zero-order chi connectivity index (χ0) is 14.4. The predicted molar refractivity (Wildman–Crippen MR) is 78.6 cm³/mol. The quantitative estimate of drug-likeness (QED) is 0.283. The van der Waals surface area contributed by atoms with Crippen molar-refractivity contribution >= 4 is 5.84 Å². The van der Waals surface area contributed by atoms with Crippen molar-refractivity contribution in [1.29, 1.82) is 0 Å². The van der Waals surface area contributed by atoms with Crippen LogP contribution in [0.5, 0.6) is 0 Å². The Hall–Kier alpha value is -1.59. The third-order valence-electron chi connectivity index (χ3n) is 3.91. The van der Waals surface area contributed by atoms with Crippen molar-refractivity contribution in [3.8, 4) is 0 Å².